The van der Waals surface area contributed by atoms with Crippen molar-refractivity contribution in [2.24, 2.45) is 5.73 Å². The highest BCUT2D eigenvalue weighted by molar-refractivity contribution is 7.98. The first-order valence-corrected chi connectivity index (χ1v) is 7.63. The molecule has 0 aliphatic rings. The molecule has 0 aliphatic heterocycles. The molecule has 3 aromatic rings. The standard InChI is InChI=1S/C16H16N2O2S/c1-19-15-8-11(6-7-12(15)9-17)10-21-16-18-13-4-2-3-5-14(13)20-16/h2-8H,9-10,17H2,1H3. The smallest absolute Gasteiger partial charge is 0.257 e. The number of benzene rings is 2. The summed E-state index contributed by atoms with van der Waals surface area (Å²) in [4.78, 5) is 4.45. The average molecular weight is 300 g/mol. The van der Waals surface area contributed by atoms with Gasteiger partial charge in [-0.1, -0.05) is 36.0 Å². The number of ether oxygens (including phenoxy) is 1. The van der Waals surface area contributed by atoms with E-state index < -0.39 is 0 Å². The minimum absolute atomic E-state index is 0.474. The van der Waals surface area contributed by atoms with Crippen LogP contribution in [0.15, 0.2) is 52.1 Å². The van der Waals surface area contributed by atoms with Gasteiger partial charge in [0.05, 0.1) is 7.11 Å². The van der Waals surface area contributed by atoms with Gasteiger partial charge in [0.15, 0.2) is 5.58 Å². The van der Waals surface area contributed by atoms with Gasteiger partial charge in [-0.2, -0.15) is 0 Å². The lowest BCUT2D eigenvalue weighted by Crippen LogP contribution is -2.00. The first kappa shape index (κ1) is 14.0. The number of methoxy groups -OCH3 is 1. The fourth-order valence-corrected chi connectivity index (χ4v) is 2.89. The Bertz CT molecular complexity index is 722. The largest absolute Gasteiger partial charge is 0.496 e. The molecule has 2 N–H and O–H groups in total. The van der Waals surface area contributed by atoms with Gasteiger partial charge in [-0.15, -0.1) is 0 Å². The maximum Gasteiger partial charge on any atom is 0.257 e. The molecular formula is C16H16N2O2S. The van der Waals surface area contributed by atoms with Crippen LogP contribution < -0.4 is 10.5 Å². The highest BCUT2D eigenvalue weighted by atomic mass is 32.2. The number of para-hydroxylation sites is 2. The van der Waals surface area contributed by atoms with E-state index in [1.165, 1.54) is 0 Å². The third-order valence-corrected chi connectivity index (χ3v) is 4.11. The van der Waals surface area contributed by atoms with Crippen molar-refractivity contribution in [1.82, 2.24) is 4.98 Å². The summed E-state index contributed by atoms with van der Waals surface area (Å²) in [5.41, 5.74) is 9.53. The molecule has 0 saturated carbocycles. The van der Waals surface area contributed by atoms with Crippen LogP contribution in [-0.4, -0.2) is 12.1 Å². The molecule has 0 bridgehead atoms. The van der Waals surface area contributed by atoms with Crippen molar-refractivity contribution in [3.63, 3.8) is 0 Å². The third kappa shape index (κ3) is 3.04. The summed E-state index contributed by atoms with van der Waals surface area (Å²) in [5.74, 6) is 1.60. The van der Waals surface area contributed by atoms with Crippen molar-refractivity contribution in [3.8, 4) is 5.75 Å². The van der Waals surface area contributed by atoms with Crippen LogP contribution in [-0.2, 0) is 12.3 Å². The van der Waals surface area contributed by atoms with Gasteiger partial charge < -0.3 is 14.9 Å². The fourth-order valence-electron chi connectivity index (χ4n) is 2.11. The van der Waals surface area contributed by atoms with Gasteiger partial charge in [0, 0.05) is 17.9 Å². The lowest BCUT2D eigenvalue weighted by molar-refractivity contribution is 0.409. The summed E-state index contributed by atoms with van der Waals surface area (Å²) in [5, 5.41) is 0.679. The van der Waals surface area contributed by atoms with Crippen LogP contribution in [0.4, 0.5) is 0 Å². The molecule has 1 heterocycles. The van der Waals surface area contributed by atoms with Crippen LogP contribution in [0.5, 0.6) is 5.75 Å². The summed E-state index contributed by atoms with van der Waals surface area (Å²) >= 11 is 1.57. The summed E-state index contributed by atoms with van der Waals surface area (Å²) in [6.45, 7) is 0.474. The minimum Gasteiger partial charge on any atom is -0.496 e. The van der Waals surface area contributed by atoms with Gasteiger partial charge in [-0.25, -0.2) is 4.98 Å². The minimum atomic E-state index is 0.474. The first-order valence-electron chi connectivity index (χ1n) is 6.64. The molecule has 108 valence electrons. The molecule has 0 radical (unpaired) electrons. The SMILES string of the molecule is COc1cc(CSc2nc3ccccc3o2)ccc1CN. The zero-order valence-corrected chi connectivity index (χ0v) is 12.5. The molecule has 5 heteroatoms. The lowest BCUT2D eigenvalue weighted by Gasteiger charge is -2.08. The van der Waals surface area contributed by atoms with Crippen molar-refractivity contribution in [2.75, 3.05) is 7.11 Å². The van der Waals surface area contributed by atoms with Crippen molar-refractivity contribution in [1.29, 1.82) is 0 Å². The van der Waals surface area contributed by atoms with E-state index in [2.05, 4.69) is 11.1 Å². The molecule has 0 fully saturated rings. The van der Waals surface area contributed by atoms with E-state index in [4.69, 9.17) is 14.9 Å². The van der Waals surface area contributed by atoms with Crippen LogP contribution in [0.1, 0.15) is 11.1 Å². The Balaban J connectivity index is 1.75. The molecule has 0 spiro atoms. The normalized spacial score (nSPS) is 11.0. The first-order chi connectivity index (χ1) is 10.3. The Hall–Kier alpha value is -1.98. The Morgan fingerprint density at radius 1 is 1.24 bits per heavy atom. The Labute approximate surface area is 127 Å². The van der Waals surface area contributed by atoms with Gasteiger partial charge in [0.2, 0.25) is 0 Å². The van der Waals surface area contributed by atoms with Crippen molar-refractivity contribution >= 4 is 22.9 Å². The molecule has 0 atom stereocenters. The zero-order chi connectivity index (χ0) is 14.7. The monoisotopic (exact) mass is 300 g/mol. The van der Waals surface area contributed by atoms with E-state index in [0.717, 1.165) is 33.7 Å². The van der Waals surface area contributed by atoms with E-state index in [1.54, 1.807) is 18.9 Å². The number of aromatic nitrogens is 1. The number of hydrogen-bond acceptors (Lipinski definition) is 5. The number of thioether (sulfide) groups is 1. The van der Waals surface area contributed by atoms with Crippen LogP contribution >= 0.6 is 11.8 Å². The second-order valence-corrected chi connectivity index (χ2v) is 5.51. The van der Waals surface area contributed by atoms with Crippen LogP contribution in [0.25, 0.3) is 11.1 Å². The Morgan fingerprint density at radius 3 is 2.86 bits per heavy atom. The quantitative estimate of drug-likeness (QED) is 0.730. The van der Waals surface area contributed by atoms with Crippen LogP contribution in [0, 0.1) is 0 Å². The predicted octanol–water partition coefficient (Wildman–Crippen LogP) is 3.59. The summed E-state index contributed by atoms with van der Waals surface area (Å²) in [6, 6.07) is 13.8. The van der Waals surface area contributed by atoms with E-state index in [9.17, 15) is 0 Å². The molecule has 21 heavy (non-hydrogen) atoms. The molecule has 0 unspecified atom stereocenters. The number of nitrogens with zero attached hydrogens (tertiary/aromatic N) is 1. The maximum atomic E-state index is 5.69. The fraction of sp³-hybridized carbons (Fsp3) is 0.188. The highest BCUT2D eigenvalue weighted by Crippen LogP contribution is 2.28. The molecule has 0 saturated heterocycles. The zero-order valence-electron chi connectivity index (χ0n) is 11.7. The number of nitrogens with two attached hydrogens (primary N) is 1. The summed E-state index contributed by atoms with van der Waals surface area (Å²) in [7, 11) is 1.66. The molecule has 0 aliphatic carbocycles. The second kappa shape index (κ2) is 6.20. The van der Waals surface area contributed by atoms with E-state index >= 15 is 0 Å². The van der Waals surface area contributed by atoms with E-state index in [1.807, 2.05) is 36.4 Å². The number of fused-ring (bicyclic) bond motifs is 1. The highest BCUT2D eigenvalue weighted by Gasteiger charge is 2.08. The van der Waals surface area contributed by atoms with Crippen molar-refractivity contribution < 1.29 is 9.15 Å². The van der Waals surface area contributed by atoms with Crippen LogP contribution in [0.2, 0.25) is 0 Å². The number of oxazole rings is 1. The third-order valence-electron chi connectivity index (χ3n) is 3.21. The molecule has 4 nitrogen and oxygen atoms in total. The van der Waals surface area contributed by atoms with Crippen molar-refractivity contribution in [2.45, 2.75) is 17.5 Å². The Morgan fingerprint density at radius 2 is 2.10 bits per heavy atom. The Kier molecular flexibility index (Phi) is 4.13. The molecule has 2 aromatic carbocycles. The van der Waals surface area contributed by atoms with Gasteiger partial charge in [0.1, 0.15) is 11.3 Å². The van der Waals surface area contributed by atoms with Crippen molar-refractivity contribution in [3.05, 3.63) is 53.6 Å². The molecular weight excluding hydrogens is 284 g/mol. The number of hydrogen-bond donors (Lipinski definition) is 1. The molecule has 1 aromatic heterocycles. The molecule has 3 rings (SSSR count). The van der Waals surface area contributed by atoms with Gasteiger partial charge in [0.25, 0.3) is 5.22 Å². The average Bonchev–Trinajstić information content (AvgIpc) is 2.95. The van der Waals surface area contributed by atoms with E-state index in [0.29, 0.717) is 11.8 Å². The topological polar surface area (TPSA) is 61.3 Å². The number of rotatable bonds is 5. The predicted molar refractivity (Wildman–Crippen MR) is 84.5 cm³/mol. The van der Waals surface area contributed by atoms with E-state index in [-0.39, 0.29) is 0 Å². The molecule has 0 amide bonds. The summed E-state index contributed by atoms with van der Waals surface area (Å²) < 4.78 is 11.0. The van der Waals surface area contributed by atoms with Crippen LogP contribution in [0.3, 0.4) is 0 Å². The lowest BCUT2D eigenvalue weighted by atomic mass is 10.1. The second-order valence-electron chi connectivity index (χ2n) is 4.59. The van der Waals surface area contributed by atoms with Gasteiger partial charge in [-0.05, 0) is 23.8 Å². The van der Waals surface area contributed by atoms with Gasteiger partial charge in [-0.3, -0.25) is 0 Å². The maximum absolute atomic E-state index is 5.69. The summed E-state index contributed by atoms with van der Waals surface area (Å²) in [6.07, 6.45) is 0. The van der Waals surface area contributed by atoms with Gasteiger partial charge >= 0.3 is 0 Å².